The highest BCUT2D eigenvalue weighted by atomic mass is 19.1. The second-order valence-electron chi connectivity index (χ2n) is 5.10. The lowest BCUT2D eigenvalue weighted by atomic mass is 10.1. The normalized spacial score (nSPS) is 12.4. The zero-order chi connectivity index (χ0) is 13.8. The molecular formula is C17H20FN. The molecule has 0 saturated carbocycles. The first kappa shape index (κ1) is 13.8. The van der Waals surface area contributed by atoms with Gasteiger partial charge in [0.1, 0.15) is 5.82 Å². The summed E-state index contributed by atoms with van der Waals surface area (Å²) in [6.45, 7) is 6.78. The smallest absolute Gasteiger partial charge is 0.126 e. The molecule has 19 heavy (non-hydrogen) atoms. The first-order chi connectivity index (χ1) is 9.06. The molecule has 0 spiro atoms. The van der Waals surface area contributed by atoms with Crippen LogP contribution in [0.3, 0.4) is 0 Å². The monoisotopic (exact) mass is 257 g/mol. The van der Waals surface area contributed by atoms with Crippen LogP contribution in [-0.4, -0.2) is 0 Å². The van der Waals surface area contributed by atoms with Crippen molar-refractivity contribution in [2.24, 2.45) is 0 Å². The van der Waals surface area contributed by atoms with E-state index >= 15 is 0 Å². The minimum absolute atomic E-state index is 0.143. The van der Waals surface area contributed by atoms with Crippen LogP contribution in [0, 0.1) is 19.7 Å². The molecule has 0 aliphatic rings. The first-order valence-corrected chi connectivity index (χ1v) is 6.61. The fourth-order valence-corrected chi connectivity index (χ4v) is 2.15. The lowest BCUT2D eigenvalue weighted by molar-refractivity contribution is 0.571. The van der Waals surface area contributed by atoms with E-state index < -0.39 is 0 Å². The van der Waals surface area contributed by atoms with Crippen LogP contribution in [-0.2, 0) is 6.54 Å². The first-order valence-electron chi connectivity index (χ1n) is 6.61. The van der Waals surface area contributed by atoms with Gasteiger partial charge >= 0.3 is 0 Å². The highest BCUT2D eigenvalue weighted by Gasteiger charge is 2.05. The molecule has 1 N–H and O–H groups in total. The molecular weight excluding hydrogens is 237 g/mol. The number of hydrogen-bond donors (Lipinski definition) is 1. The second kappa shape index (κ2) is 5.98. The summed E-state index contributed by atoms with van der Waals surface area (Å²) in [5, 5.41) is 3.47. The molecule has 0 heterocycles. The van der Waals surface area contributed by atoms with Gasteiger partial charge in [-0.2, -0.15) is 0 Å². The van der Waals surface area contributed by atoms with Crippen LogP contribution in [0.4, 0.5) is 4.39 Å². The average molecular weight is 257 g/mol. The molecule has 2 rings (SSSR count). The van der Waals surface area contributed by atoms with Gasteiger partial charge in [0.05, 0.1) is 0 Å². The minimum Gasteiger partial charge on any atom is -0.306 e. The van der Waals surface area contributed by atoms with Gasteiger partial charge in [0.25, 0.3) is 0 Å². The third-order valence-electron chi connectivity index (χ3n) is 3.38. The third-order valence-corrected chi connectivity index (χ3v) is 3.38. The Bertz CT molecular complexity index is 563. The molecule has 1 nitrogen and oxygen atoms in total. The maximum atomic E-state index is 13.2. The molecule has 0 aromatic heterocycles. The average Bonchev–Trinajstić information content (AvgIpc) is 2.40. The van der Waals surface area contributed by atoms with E-state index in [1.54, 1.807) is 6.92 Å². The molecule has 0 aliphatic heterocycles. The number of hydrogen-bond acceptors (Lipinski definition) is 1. The minimum atomic E-state index is -0.143. The van der Waals surface area contributed by atoms with Gasteiger partial charge < -0.3 is 5.32 Å². The van der Waals surface area contributed by atoms with Crippen molar-refractivity contribution >= 4 is 0 Å². The lowest BCUT2D eigenvalue weighted by Crippen LogP contribution is -2.18. The Hall–Kier alpha value is -1.67. The molecule has 0 amide bonds. The largest absolute Gasteiger partial charge is 0.306 e. The van der Waals surface area contributed by atoms with Gasteiger partial charge in [-0.15, -0.1) is 0 Å². The van der Waals surface area contributed by atoms with E-state index in [2.05, 4.69) is 43.4 Å². The van der Waals surface area contributed by atoms with Crippen LogP contribution in [0.25, 0.3) is 0 Å². The number of nitrogens with one attached hydrogen (secondary N) is 1. The van der Waals surface area contributed by atoms with Crippen molar-refractivity contribution in [3.05, 3.63) is 70.5 Å². The van der Waals surface area contributed by atoms with Crippen LogP contribution in [0.5, 0.6) is 0 Å². The van der Waals surface area contributed by atoms with Gasteiger partial charge in [-0.05, 0) is 43.5 Å². The number of benzene rings is 2. The topological polar surface area (TPSA) is 12.0 Å². The zero-order valence-corrected chi connectivity index (χ0v) is 11.7. The summed E-state index contributed by atoms with van der Waals surface area (Å²) >= 11 is 0. The van der Waals surface area contributed by atoms with Crippen molar-refractivity contribution in [2.75, 3.05) is 0 Å². The molecule has 1 atom stereocenters. The summed E-state index contributed by atoms with van der Waals surface area (Å²) in [7, 11) is 0. The van der Waals surface area contributed by atoms with Crippen LogP contribution in [0.15, 0.2) is 42.5 Å². The molecule has 2 aromatic carbocycles. The predicted molar refractivity (Wildman–Crippen MR) is 77.6 cm³/mol. The molecule has 2 aromatic rings. The Morgan fingerprint density at radius 3 is 2.58 bits per heavy atom. The number of aryl methyl sites for hydroxylation is 2. The van der Waals surface area contributed by atoms with E-state index in [0.717, 1.165) is 12.1 Å². The van der Waals surface area contributed by atoms with E-state index in [4.69, 9.17) is 0 Å². The van der Waals surface area contributed by atoms with Gasteiger partial charge in [0.15, 0.2) is 0 Å². The maximum absolute atomic E-state index is 13.2. The van der Waals surface area contributed by atoms with E-state index in [9.17, 15) is 4.39 Å². The van der Waals surface area contributed by atoms with E-state index in [0.29, 0.717) is 5.56 Å². The Kier molecular flexibility index (Phi) is 4.33. The summed E-state index contributed by atoms with van der Waals surface area (Å²) < 4.78 is 13.2. The van der Waals surface area contributed by atoms with Gasteiger partial charge in [-0.3, -0.25) is 0 Å². The summed E-state index contributed by atoms with van der Waals surface area (Å²) in [5.74, 6) is -0.143. The number of halogens is 1. The summed E-state index contributed by atoms with van der Waals surface area (Å²) in [6.07, 6.45) is 0. The van der Waals surface area contributed by atoms with Gasteiger partial charge in [-0.25, -0.2) is 4.39 Å². The summed E-state index contributed by atoms with van der Waals surface area (Å²) in [5.41, 5.74) is 4.35. The maximum Gasteiger partial charge on any atom is 0.126 e. The molecule has 100 valence electrons. The SMILES string of the molecule is Cc1cccc([C@@H](C)NCc2ccc(F)c(C)c2)c1. The fourth-order valence-electron chi connectivity index (χ4n) is 2.15. The lowest BCUT2D eigenvalue weighted by Gasteiger charge is -2.15. The second-order valence-corrected chi connectivity index (χ2v) is 5.10. The predicted octanol–water partition coefficient (Wildman–Crippen LogP) is 4.29. The van der Waals surface area contributed by atoms with Crippen molar-refractivity contribution in [1.82, 2.24) is 5.32 Å². The van der Waals surface area contributed by atoms with Gasteiger partial charge in [0.2, 0.25) is 0 Å². The van der Waals surface area contributed by atoms with Crippen LogP contribution >= 0.6 is 0 Å². The molecule has 0 radical (unpaired) electrons. The molecule has 0 aliphatic carbocycles. The van der Waals surface area contributed by atoms with Gasteiger partial charge in [0, 0.05) is 12.6 Å². The highest BCUT2D eigenvalue weighted by molar-refractivity contribution is 5.26. The molecule has 0 bridgehead atoms. The zero-order valence-electron chi connectivity index (χ0n) is 11.7. The van der Waals surface area contributed by atoms with Crippen LogP contribution < -0.4 is 5.32 Å². The van der Waals surface area contributed by atoms with Gasteiger partial charge in [-0.1, -0.05) is 42.0 Å². The van der Waals surface area contributed by atoms with Crippen molar-refractivity contribution < 1.29 is 4.39 Å². The molecule has 0 saturated heterocycles. The summed E-state index contributed by atoms with van der Waals surface area (Å²) in [6, 6.07) is 14.0. The van der Waals surface area contributed by atoms with E-state index in [-0.39, 0.29) is 11.9 Å². The Balaban J connectivity index is 2.00. The molecule has 0 unspecified atom stereocenters. The van der Waals surface area contributed by atoms with E-state index in [1.807, 2.05) is 12.1 Å². The van der Waals surface area contributed by atoms with Crippen molar-refractivity contribution in [2.45, 2.75) is 33.4 Å². The fraction of sp³-hybridized carbons (Fsp3) is 0.294. The highest BCUT2D eigenvalue weighted by Crippen LogP contribution is 2.15. The van der Waals surface area contributed by atoms with Crippen LogP contribution in [0.1, 0.15) is 35.2 Å². The molecule has 2 heteroatoms. The Morgan fingerprint density at radius 1 is 1.11 bits per heavy atom. The van der Waals surface area contributed by atoms with E-state index in [1.165, 1.54) is 17.2 Å². The van der Waals surface area contributed by atoms with Crippen molar-refractivity contribution in [3.63, 3.8) is 0 Å². The standard InChI is InChI=1S/C17H20FN/c1-12-5-4-6-16(9-12)14(3)19-11-15-7-8-17(18)13(2)10-15/h4-10,14,19H,11H2,1-3H3/t14-/m1/s1. The number of rotatable bonds is 4. The third kappa shape index (κ3) is 3.65. The van der Waals surface area contributed by atoms with Crippen molar-refractivity contribution in [1.29, 1.82) is 0 Å². The Labute approximate surface area is 114 Å². The summed E-state index contributed by atoms with van der Waals surface area (Å²) in [4.78, 5) is 0. The Morgan fingerprint density at radius 2 is 1.89 bits per heavy atom. The van der Waals surface area contributed by atoms with Crippen molar-refractivity contribution in [3.8, 4) is 0 Å². The van der Waals surface area contributed by atoms with Crippen LogP contribution in [0.2, 0.25) is 0 Å². The quantitative estimate of drug-likeness (QED) is 0.861. The molecule has 0 fully saturated rings.